The van der Waals surface area contributed by atoms with Crippen LogP contribution < -0.4 is 0 Å². The summed E-state index contributed by atoms with van der Waals surface area (Å²) in [6.07, 6.45) is 8.08. The average Bonchev–Trinajstić information content (AvgIpc) is 2.67. The lowest BCUT2D eigenvalue weighted by Gasteiger charge is -2.22. The molecule has 1 aromatic rings. The fourth-order valence-corrected chi connectivity index (χ4v) is 2.75. The Morgan fingerprint density at radius 1 is 1.20 bits per heavy atom. The largest absolute Gasteiger partial charge is 0.306 e. The van der Waals surface area contributed by atoms with Crippen molar-refractivity contribution in [1.82, 2.24) is 9.80 Å². The Labute approximate surface area is 121 Å². The van der Waals surface area contributed by atoms with Gasteiger partial charge in [0, 0.05) is 12.6 Å². The number of nitrogens with zero attached hydrogens (tertiary/aromatic N) is 2. The minimum atomic E-state index is -0.176. The fraction of sp³-hybridized carbons (Fsp3) is 0.529. The van der Waals surface area contributed by atoms with Gasteiger partial charge in [-0.2, -0.15) is 0 Å². The maximum atomic E-state index is 12.8. The first-order valence-corrected chi connectivity index (χ1v) is 7.46. The summed E-state index contributed by atoms with van der Waals surface area (Å²) >= 11 is 0. The van der Waals surface area contributed by atoms with Crippen LogP contribution in [0.2, 0.25) is 0 Å². The lowest BCUT2D eigenvalue weighted by molar-refractivity contribution is 0.257. The lowest BCUT2D eigenvalue weighted by Crippen LogP contribution is -2.30. The zero-order chi connectivity index (χ0) is 14.4. The van der Waals surface area contributed by atoms with Crippen molar-refractivity contribution in [3.8, 4) is 0 Å². The first kappa shape index (κ1) is 15.2. The average molecular weight is 276 g/mol. The zero-order valence-corrected chi connectivity index (χ0v) is 12.6. The number of hydrogen-bond donors (Lipinski definition) is 0. The van der Waals surface area contributed by atoms with Crippen molar-refractivity contribution in [1.29, 1.82) is 0 Å². The molecule has 20 heavy (non-hydrogen) atoms. The van der Waals surface area contributed by atoms with E-state index < -0.39 is 0 Å². The summed E-state index contributed by atoms with van der Waals surface area (Å²) in [5.74, 6) is -0.176. The Kier molecular flexibility index (Phi) is 5.74. The van der Waals surface area contributed by atoms with E-state index in [0.29, 0.717) is 0 Å². The van der Waals surface area contributed by atoms with E-state index >= 15 is 0 Å². The Morgan fingerprint density at radius 3 is 2.65 bits per heavy atom. The summed E-state index contributed by atoms with van der Waals surface area (Å²) in [7, 11) is 4.35. The van der Waals surface area contributed by atoms with E-state index in [4.69, 9.17) is 0 Å². The Balaban J connectivity index is 1.80. The Hall–Kier alpha value is -1.19. The molecule has 1 aliphatic rings. The van der Waals surface area contributed by atoms with Gasteiger partial charge in [0.1, 0.15) is 5.82 Å². The fourth-order valence-electron chi connectivity index (χ4n) is 2.75. The predicted octanol–water partition coefficient (Wildman–Crippen LogP) is 3.26. The monoisotopic (exact) mass is 276 g/mol. The molecule has 0 radical (unpaired) electrons. The van der Waals surface area contributed by atoms with Crippen molar-refractivity contribution in [2.24, 2.45) is 0 Å². The molecule has 1 aliphatic heterocycles. The highest BCUT2D eigenvalue weighted by atomic mass is 19.1. The van der Waals surface area contributed by atoms with Gasteiger partial charge >= 0.3 is 0 Å². The third-order valence-corrected chi connectivity index (χ3v) is 4.06. The SMILES string of the molecule is CN(C)[C@@H]1CCCN(C/C=C/c2ccc(F)cc2)CC1. The van der Waals surface area contributed by atoms with E-state index in [1.807, 2.05) is 12.1 Å². The molecule has 1 saturated heterocycles. The second-order valence-corrected chi connectivity index (χ2v) is 5.80. The molecule has 1 atom stereocenters. The van der Waals surface area contributed by atoms with E-state index in [-0.39, 0.29) is 5.82 Å². The van der Waals surface area contributed by atoms with Gasteiger partial charge in [-0.05, 0) is 64.1 Å². The molecule has 1 aromatic carbocycles. The molecule has 0 bridgehead atoms. The molecule has 0 N–H and O–H groups in total. The van der Waals surface area contributed by atoms with Crippen LogP contribution in [-0.4, -0.2) is 49.6 Å². The molecule has 0 spiro atoms. The van der Waals surface area contributed by atoms with Crippen molar-refractivity contribution < 1.29 is 4.39 Å². The van der Waals surface area contributed by atoms with Crippen LogP contribution in [0, 0.1) is 5.82 Å². The first-order chi connectivity index (χ1) is 9.65. The van der Waals surface area contributed by atoms with Crippen molar-refractivity contribution in [2.45, 2.75) is 25.3 Å². The number of benzene rings is 1. The van der Waals surface area contributed by atoms with Crippen LogP contribution in [0.15, 0.2) is 30.3 Å². The third-order valence-electron chi connectivity index (χ3n) is 4.06. The van der Waals surface area contributed by atoms with E-state index in [0.717, 1.165) is 24.7 Å². The summed E-state index contributed by atoms with van der Waals surface area (Å²) in [4.78, 5) is 4.85. The topological polar surface area (TPSA) is 6.48 Å². The molecule has 110 valence electrons. The smallest absolute Gasteiger partial charge is 0.123 e. The summed E-state index contributed by atoms with van der Waals surface area (Å²) in [6, 6.07) is 7.37. The van der Waals surface area contributed by atoms with E-state index in [9.17, 15) is 4.39 Å². The highest BCUT2D eigenvalue weighted by Gasteiger charge is 2.17. The minimum Gasteiger partial charge on any atom is -0.306 e. The minimum absolute atomic E-state index is 0.176. The molecular weight excluding hydrogens is 251 g/mol. The van der Waals surface area contributed by atoms with Gasteiger partial charge in [-0.1, -0.05) is 24.3 Å². The number of rotatable bonds is 4. The Bertz CT molecular complexity index is 425. The van der Waals surface area contributed by atoms with Gasteiger partial charge in [0.15, 0.2) is 0 Å². The molecule has 0 saturated carbocycles. The van der Waals surface area contributed by atoms with Gasteiger partial charge < -0.3 is 4.90 Å². The quantitative estimate of drug-likeness (QED) is 0.833. The standard InChI is InChI=1S/C17H25FN2/c1-19(2)17-6-4-13-20(14-11-17)12-3-5-15-7-9-16(18)10-8-15/h3,5,7-10,17H,4,6,11-14H2,1-2H3/b5-3+/t17-/m1/s1. The van der Waals surface area contributed by atoms with Gasteiger partial charge in [0.2, 0.25) is 0 Å². The summed E-state index contributed by atoms with van der Waals surface area (Å²) in [6.45, 7) is 3.33. The van der Waals surface area contributed by atoms with Crippen molar-refractivity contribution in [2.75, 3.05) is 33.7 Å². The van der Waals surface area contributed by atoms with Gasteiger partial charge in [-0.3, -0.25) is 4.90 Å². The maximum absolute atomic E-state index is 12.8. The second-order valence-electron chi connectivity index (χ2n) is 5.80. The number of hydrogen-bond acceptors (Lipinski definition) is 2. The predicted molar refractivity (Wildman–Crippen MR) is 83.2 cm³/mol. The number of halogens is 1. The van der Waals surface area contributed by atoms with E-state index in [2.05, 4.69) is 36.0 Å². The van der Waals surface area contributed by atoms with E-state index in [1.54, 1.807) is 0 Å². The molecule has 0 amide bonds. The van der Waals surface area contributed by atoms with Crippen LogP contribution in [0.3, 0.4) is 0 Å². The molecule has 0 aliphatic carbocycles. The normalized spacial score (nSPS) is 21.5. The van der Waals surface area contributed by atoms with Gasteiger partial charge in [-0.15, -0.1) is 0 Å². The Morgan fingerprint density at radius 2 is 1.95 bits per heavy atom. The molecule has 0 unspecified atom stereocenters. The van der Waals surface area contributed by atoms with Crippen LogP contribution >= 0.6 is 0 Å². The summed E-state index contributed by atoms with van der Waals surface area (Å²) in [5, 5.41) is 0. The molecule has 1 heterocycles. The summed E-state index contributed by atoms with van der Waals surface area (Å²) in [5.41, 5.74) is 1.06. The van der Waals surface area contributed by atoms with E-state index in [1.165, 1.54) is 37.9 Å². The number of likely N-dealkylation sites (tertiary alicyclic amines) is 1. The highest BCUT2D eigenvalue weighted by Crippen LogP contribution is 2.14. The highest BCUT2D eigenvalue weighted by molar-refractivity contribution is 5.48. The van der Waals surface area contributed by atoms with Crippen molar-refractivity contribution in [3.05, 3.63) is 41.7 Å². The third kappa shape index (κ3) is 4.73. The van der Waals surface area contributed by atoms with Gasteiger partial charge in [0.05, 0.1) is 0 Å². The lowest BCUT2D eigenvalue weighted by atomic mass is 10.1. The summed E-state index contributed by atoms with van der Waals surface area (Å²) < 4.78 is 12.8. The molecule has 3 heteroatoms. The molecular formula is C17H25FN2. The van der Waals surface area contributed by atoms with Crippen LogP contribution in [0.5, 0.6) is 0 Å². The van der Waals surface area contributed by atoms with Gasteiger partial charge in [-0.25, -0.2) is 4.39 Å². The van der Waals surface area contributed by atoms with Crippen LogP contribution in [0.4, 0.5) is 4.39 Å². The van der Waals surface area contributed by atoms with Crippen LogP contribution in [0.1, 0.15) is 24.8 Å². The first-order valence-electron chi connectivity index (χ1n) is 7.46. The molecule has 1 fully saturated rings. The molecule has 0 aromatic heterocycles. The molecule has 2 rings (SSSR count). The maximum Gasteiger partial charge on any atom is 0.123 e. The van der Waals surface area contributed by atoms with Crippen LogP contribution in [0.25, 0.3) is 6.08 Å². The van der Waals surface area contributed by atoms with Crippen molar-refractivity contribution in [3.63, 3.8) is 0 Å². The van der Waals surface area contributed by atoms with Crippen LogP contribution in [-0.2, 0) is 0 Å². The second kappa shape index (κ2) is 7.55. The molecule has 2 nitrogen and oxygen atoms in total. The van der Waals surface area contributed by atoms with Crippen molar-refractivity contribution >= 4 is 6.08 Å². The van der Waals surface area contributed by atoms with Gasteiger partial charge in [0.25, 0.3) is 0 Å². The zero-order valence-electron chi connectivity index (χ0n) is 12.6.